The van der Waals surface area contributed by atoms with E-state index in [4.69, 9.17) is 9.84 Å². The number of hydrogen-bond donors (Lipinski definition) is 1. The van der Waals surface area contributed by atoms with Crippen molar-refractivity contribution in [3.05, 3.63) is 48.2 Å². The van der Waals surface area contributed by atoms with Crippen LogP contribution in [0.4, 0.5) is 0 Å². The molecule has 1 N–H and O–H groups in total. The van der Waals surface area contributed by atoms with Crippen LogP contribution in [0.1, 0.15) is 17.3 Å². The van der Waals surface area contributed by atoms with Gasteiger partial charge in [-0.15, -0.1) is 10.2 Å². The highest BCUT2D eigenvalue weighted by Gasteiger charge is 2.11. The molecule has 0 radical (unpaired) electrons. The molecule has 2 aromatic heterocycles. The molecule has 6 nitrogen and oxygen atoms in total. The van der Waals surface area contributed by atoms with Gasteiger partial charge in [0, 0.05) is 11.8 Å². The lowest BCUT2D eigenvalue weighted by atomic mass is 10.2. The average Bonchev–Trinajstić information content (AvgIpc) is 2.91. The standard InChI is InChI=1S/C15H13N3O3/c1-2-21-12-6-3-10(4-7-12)14-17-16-13-8-5-11(15(19)20)9-18(13)14/h3-9H,2H2,1H3,(H,19,20). The molecule has 3 aromatic rings. The van der Waals surface area contributed by atoms with Crippen molar-refractivity contribution in [3.63, 3.8) is 0 Å². The largest absolute Gasteiger partial charge is 0.494 e. The maximum atomic E-state index is 11.1. The molecule has 0 atom stereocenters. The van der Waals surface area contributed by atoms with Crippen LogP contribution in [0.5, 0.6) is 5.75 Å². The van der Waals surface area contributed by atoms with E-state index in [1.807, 2.05) is 31.2 Å². The third-order valence-corrected chi connectivity index (χ3v) is 3.07. The lowest BCUT2D eigenvalue weighted by Gasteiger charge is -2.04. The second-order valence-electron chi connectivity index (χ2n) is 4.43. The Bertz CT molecular complexity index is 794. The van der Waals surface area contributed by atoms with Crippen LogP contribution < -0.4 is 4.74 Å². The summed E-state index contributed by atoms with van der Waals surface area (Å²) in [6.07, 6.45) is 1.52. The number of nitrogens with zero attached hydrogens (tertiary/aromatic N) is 3. The molecule has 106 valence electrons. The minimum atomic E-state index is -0.983. The molecule has 3 rings (SSSR count). The summed E-state index contributed by atoms with van der Waals surface area (Å²) in [6.45, 7) is 2.53. The summed E-state index contributed by atoms with van der Waals surface area (Å²) >= 11 is 0. The van der Waals surface area contributed by atoms with Crippen molar-refractivity contribution in [2.24, 2.45) is 0 Å². The van der Waals surface area contributed by atoms with E-state index in [9.17, 15) is 4.79 Å². The number of fused-ring (bicyclic) bond motifs is 1. The molecule has 21 heavy (non-hydrogen) atoms. The number of ether oxygens (including phenoxy) is 1. The van der Waals surface area contributed by atoms with Gasteiger partial charge in [-0.25, -0.2) is 4.79 Å². The number of pyridine rings is 1. The number of aromatic carboxylic acids is 1. The normalized spacial score (nSPS) is 10.7. The molecular weight excluding hydrogens is 270 g/mol. The molecule has 6 heteroatoms. The molecule has 0 unspecified atom stereocenters. The van der Waals surface area contributed by atoms with E-state index >= 15 is 0 Å². The Morgan fingerprint density at radius 2 is 1.95 bits per heavy atom. The molecule has 1 aromatic carbocycles. The Morgan fingerprint density at radius 3 is 2.62 bits per heavy atom. The van der Waals surface area contributed by atoms with Crippen molar-refractivity contribution in [2.75, 3.05) is 6.61 Å². The van der Waals surface area contributed by atoms with Gasteiger partial charge in [-0.1, -0.05) is 0 Å². The highest BCUT2D eigenvalue weighted by atomic mass is 16.5. The predicted molar refractivity (Wildman–Crippen MR) is 76.6 cm³/mol. The van der Waals surface area contributed by atoms with Gasteiger partial charge >= 0.3 is 5.97 Å². The minimum Gasteiger partial charge on any atom is -0.494 e. The zero-order valence-corrected chi connectivity index (χ0v) is 11.4. The smallest absolute Gasteiger partial charge is 0.337 e. The number of carbonyl (C=O) groups is 1. The van der Waals surface area contributed by atoms with Crippen LogP contribution in [-0.4, -0.2) is 32.3 Å². The van der Waals surface area contributed by atoms with Crippen LogP contribution in [0, 0.1) is 0 Å². The third-order valence-electron chi connectivity index (χ3n) is 3.07. The lowest BCUT2D eigenvalue weighted by Crippen LogP contribution is -1.99. The van der Waals surface area contributed by atoms with Gasteiger partial charge < -0.3 is 9.84 Å². The summed E-state index contributed by atoms with van der Waals surface area (Å²) in [6, 6.07) is 10.6. The molecular formula is C15H13N3O3. The average molecular weight is 283 g/mol. The van der Waals surface area contributed by atoms with E-state index in [2.05, 4.69) is 10.2 Å². The maximum absolute atomic E-state index is 11.1. The number of aromatic nitrogens is 3. The fourth-order valence-electron chi connectivity index (χ4n) is 2.08. The van der Waals surface area contributed by atoms with Gasteiger partial charge in [0.15, 0.2) is 11.5 Å². The summed E-state index contributed by atoms with van der Waals surface area (Å²) in [7, 11) is 0. The van der Waals surface area contributed by atoms with Crippen molar-refractivity contribution in [3.8, 4) is 17.1 Å². The van der Waals surface area contributed by atoms with E-state index in [-0.39, 0.29) is 5.56 Å². The topological polar surface area (TPSA) is 76.7 Å². The second-order valence-corrected chi connectivity index (χ2v) is 4.43. The number of benzene rings is 1. The molecule has 0 saturated carbocycles. The zero-order chi connectivity index (χ0) is 14.8. The van der Waals surface area contributed by atoms with Crippen molar-refractivity contribution < 1.29 is 14.6 Å². The summed E-state index contributed by atoms with van der Waals surface area (Å²) < 4.78 is 7.06. The highest BCUT2D eigenvalue weighted by molar-refractivity contribution is 5.87. The molecule has 0 amide bonds. The van der Waals surface area contributed by atoms with Crippen LogP contribution in [0.2, 0.25) is 0 Å². The Balaban J connectivity index is 2.07. The summed E-state index contributed by atoms with van der Waals surface area (Å²) in [5.74, 6) is 0.390. The molecule has 0 aliphatic carbocycles. The first-order valence-corrected chi connectivity index (χ1v) is 6.50. The van der Waals surface area contributed by atoms with Gasteiger partial charge in [0.1, 0.15) is 5.75 Å². The molecule has 0 bridgehead atoms. The summed E-state index contributed by atoms with van der Waals surface area (Å²) in [5, 5.41) is 17.2. The highest BCUT2D eigenvalue weighted by Crippen LogP contribution is 2.22. The van der Waals surface area contributed by atoms with Gasteiger partial charge in [0.25, 0.3) is 0 Å². The quantitative estimate of drug-likeness (QED) is 0.796. The fraction of sp³-hybridized carbons (Fsp3) is 0.133. The van der Waals surface area contributed by atoms with E-state index in [1.54, 1.807) is 10.5 Å². The molecule has 0 saturated heterocycles. The Kier molecular flexibility index (Phi) is 3.27. The first-order valence-electron chi connectivity index (χ1n) is 6.50. The molecule has 2 heterocycles. The zero-order valence-electron chi connectivity index (χ0n) is 11.4. The SMILES string of the molecule is CCOc1ccc(-c2nnc3ccc(C(=O)O)cn23)cc1. The molecule has 0 fully saturated rings. The Morgan fingerprint density at radius 1 is 1.19 bits per heavy atom. The third kappa shape index (κ3) is 2.43. The van der Waals surface area contributed by atoms with Crippen LogP contribution in [0.3, 0.4) is 0 Å². The van der Waals surface area contributed by atoms with E-state index in [1.165, 1.54) is 12.3 Å². The van der Waals surface area contributed by atoms with Crippen LogP contribution in [0.15, 0.2) is 42.6 Å². The first-order chi connectivity index (χ1) is 10.2. The summed E-state index contributed by atoms with van der Waals surface area (Å²) in [4.78, 5) is 11.1. The summed E-state index contributed by atoms with van der Waals surface area (Å²) in [5.41, 5.74) is 1.63. The second kappa shape index (κ2) is 5.24. The van der Waals surface area contributed by atoms with Gasteiger partial charge in [-0.2, -0.15) is 0 Å². The Labute approximate surface area is 120 Å². The molecule has 0 spiro atoms. The number of hydrogen-bond acceptors (Lipinski definition) is 4. The molecule has 0 aliphatic heterocycles. The van der Waals surface area contributed by atoms with Crippen molar-refractivity contribution in [1.82, 2.24) is 14.6 Å². The maximum Gasteiger partial charge on any atom is 0.337 e. The lowest BCUT2D eigenvalue weighted by molar-refractivity contribution is 0.0696. The van der Waals surface area contributed by atoms with Gasteiger partial charge in [0.2, 0.25) is 0 Å². The fourth-order valence-corrected chi connectivity index (χ4v) is 2.08. The predicted octanol–water partition coefficient (Wildman–Crippen LogP) is 2.49. The van der Waals surface area contributed by atoms with Crippen molar-refractivity contribution in [2.45, 2.75) is 6.92 Å². The number of carboxylic acids is 1. The van der Waals surface area contributed by atoms with E-state index in [0.717, 1.165) is 11.3 Å². The van der Waals surface area contributed by atoms with E-state index < -0.39 is 5.97 Å². The number of carboxylic acid groups (broad SMARTS) is 1. The monoisotopic (exact) mass is 283 g/mol. The number of rotatable bonds is 4. The van der Waals surface area contributed by atoms with Gasteiger partial charge in [0.05, 0.1) is 12.2 Å². The van der Waals surface area contributed by atoms with Crippen molar-refractivity contribution >= 4 is 11.6 Å². The van der Waals surface area contributed by atoms with E-state index in [0.29, 0.717) is 18.1 Å². The first kappa shape index (κ1) is 13.1. The van der Waals surface area contributed by atoms with Crippen LogP contribution in [0.25, 0.3) is 17.0 Å². The van der Waals surface area contributed by atoms with Crippen LogP contribution in [-0.2, 0) is 0 Å². The minimum absolute atomic E-state index is 0.189. The van der Waals surface area contributed by atoms with Crippen molar-refractivity contribution in [1.29, 1.82) is 0 Å². The van der Waals surface area contributed by atoms with Crippen LogP contribution >= 0.6 is 0 Å². The Hall–Kier alpha value is -2.89. The van der Waals surface area contributed by atoms with Gasteiger partial charge in [-0.05, 0) is 43.3 Å². The molecule has 0 aliphatic rings. The van der Waals surface area contributed by atoms with Gasteiger partial charge in [-0.3, -0.25) is 4.40 Å².